The van der Waals surface area contributed by atoms with E-state index in [1.807, 2.05) is 28.8 Å². The normalized spacial score (nSPS) is 17.4. The summed E-state index contributed by atoms with van der Waals surface area (Å²) in [6, 6.07) is 14.3. The van der Waals surface area contributed by atoms with Gasteiger partial charge in [-0.15, -0.1) is 0 Å². The third kappa shape index (κ3) is 2.07. The topological polar surface area (TPSA) is 38.0 Å². The third-order valence-electron chi connectivity index (χ3n) is 4.10. The SMILES string of the molecule is Cc1cc2nc3n(c2cc1C)C(O)C=C(c1ccccc1)S3. The van der Waals surface area contributed by atoms with Gasteiger partial charge in [0.15, 0.2) is 11.4 Å². The lowest BCUT2D eigenvalue weighted by molar-refractivity contribution is 0.149. The van der Waals surface area contributed by atoms with E-state index in [0.29, 0.717) is 0 Å². The monoisotopic (exact) mass is 308 g/mol. The van der Waals surface area contributed by atoms with Crippen molar-refractivity contribution in [1.82, 2.24) is 9.55 Å². The Balaban J connectivity index is 1.86. The maximum Gasteiger partial charge on any atom is 0.176 e. The van der Waals surface area contributed by atoms with Crippen LogP contribution in [0.25, 0.3) is 15.9 Å². The van der Waals surface area contributed by atoms with Crippen LogP contribution in [0.4, 0.5) is 0 Å². The molecule has 1 atom stereocenters. The highest BCUT2D eigenvalue weighted by molar-refractivity contribution is 8.08. The highest BCUT2D eigenvalue weighted by Gasteiger charge is 2.23. The molecule has 1 aliphatic heterocycles. The molecule has 1 aromatic heterocycles. The van der Waals surface area contributed by atoms with Crippen LogP contribution in [0.5, 0.6) is 0 Å². The van der Waals surface area contributed by atoms with Crippen LogP contribution in [0.2, 0.25) is 0 Å². The van der Waals surface area contributed by atoms with Gasteiger partial charge >= 0.3 is 0 Å². The molecule has 3 nitrogen and oxygen atoms in total. The summed E-state index contributed by atoms with van der Waals surface area (Å²) in [4.78, 5) is 5.75. The Labute approximate surface area is 133 Å². The fraction of sp³-hybridized carbons (Fsp3) is 0.167. The van der Waals surface area contributed by atoms with E-state index < -0.39 is 6.23 Å². The maximum absolute atomic E-state index is 10.6. The molecule has 1 unspecified atom stereocenters. The van der Waals surface area contributed by atoms with Crippen molar-refractivity contribution in [3.8, 4) is 0 Å². The van der Waals surface area contributed by atoms with Gasteiger partial charge in [-0.25, -0.2) is 4.98 Å². The van der Waals surface area contributed by atoms with Gasteiger partial charge in [0.1, 0.15) is 0 Å². The van der Waals surface area contributed by atoms with E-state index in [1.54, 1.807) is 11.8 Å². The van der Waals surface area contributed by atoms with E-state index in [-0.39, 0.29) is 0 Å². The van der Waals surface area contributed by atoms with E-state index in [2.05, 4.69) is 38.1 Å². The zero-order chi connectivity index (χ0) is 15.3. The van der Waals surface area contributed by atoms with Crippen LogP contribution >= 0.6 is 11.8 Å². The number of imidazole rings is 1. The second-order valence-corrected chi connectivity index (χ2v) is 6.61. The molecular weight excluding hydrogens is 292 g/mol. The third-order valence-corrected chi connectivity index (χ3v) is 5.16. The molecule has 0 amide bonds. The number of fused-ring (bicyclic) bond motifs is 3. The smallest absolute Gasteiger partial charge is 0.176 e. The molecule has 3 aromatic rings. The molecule has 110 valence electrons. The summed E-state index contributed by atoms with van der Waals surface area (Å²) in [7, 11) is 0. The predicted octanol–water partition coefficient (Wildman–Crippen LogP) is 4.29. The first kappa shape index (κ1) is 13.6. The zero-order valence-electron chi connectivity index (χ0n) is 12.4. The molecule has 0 radical (unpaired) electrons. The fourth-order valence-corrected chi connectivity index (χ4v) is 3.84. The van der Waals surface area contributed by atoms with Crippen molar-refractivity contribution in [1.29, 1.82) is 0 Å². The highest BCUT2D eigenvalue weighted by Crippen LogP contribution is 2.42. The van der Waals surface area contributed by atoms with Gasteiger partial charge in [0.25, 0.3) is 0 Å². The number of aryl methyl sites for hydroxylation is 2. The largest absolute Gasteiger partial charge is 0.369 e. The molecule has 2 aromatic carbocycles. The van der Waals surface area contributed by atoms with Crippen LogP contribution in [0.1, 0.15) is 22.9 Å². The second-order valence-electron chi connectivity index (χ2n) is 5.60. The number of aromatic nitrogens is 2. The number of thioether (sulfide) groups is 1. The van der Waals surface area contributed by atoms with Crippen LogP contribution in [0.3, 0.4) is 0 Å². The molecule has 0 bridgehead atoms. The molecule has 0 fully saturated rings. The second kappa shape index (κ2) is 5.00. The van der Waals surface area contributed by atoms with E-state index in [9.17, 15) is 5.11 Å². The minimum Gasteiger partial charge on any atom is -0.369 e. The van der Waals surface area contributed by atoms with Crippen LogP contribution in [-0.4, -0.2) is 14.7 Å². The van der Waals surface area contributed by atoms with Crippen LogP contribution < -0.4 is 0 Å². The molecule has 4 rings (SSSR count). The number of hydrogen-bond acceptors (Lipinski definition) is 3. The first-order valence-electron chi connectivity index (χ1n) is 7.26. The van der Waals surface area contributed by atoms with Gasteiger partial charge in [-0.3, -0.25) is 4.57 Å². The zero-order valence-corrected chi connectivity index (χ0v) is 13.3. The molecule has 1 aliphatic rings. The average Bonchev–Trinajstić information content (AvgIpc) is 2.86. The van der Waals surface area contributed by atoms with Gasteiger partial charge in [0.2, 0.25) is 0 Å². The van der Waals surface area contributed by atoms with Crippen molar-refractivity contribution in [2.24, 2.45) is 0 Å². The van der Waals surface area contributed by atoms with Crippen molar-refractivity contribution in [3.05, 3.63) is 65.2 Å². The summed E-state index contributed by atoms with van der Waals surface area (Å²) >= 11 is 1.60. The standard InChI is InChI=1S/C18H16N2OS/c1-11-8-14-15(9-12(11)2)20-17(21)10-16(22-18(20)19-14)13-6-4-3-5-7-13/h3-10,17,21H,1-2H3. The number of hydrogen-bond donors (Lipinski definition) is 1. The summed E-state index contributed by atoms with van der Waals surface area (Å²) < 4.78 is 1.90. The number of benzene rings is 2. The van der Waals surface area contributed by atoms with Crippen molar-refractivity contribution in [2.75, 3.05) is 0 Å². The molecule has 0 saturated heterocycles. The first-order chi connectivity index (χ1) is 10.6. The molecule has 0 aliphatic carbocycles. The van der Waals surface area contributed by atoms with E-state index in [4.69, 9.17) is 4.98 Å². The Kier molecular flexibility index (Phi) is 3.10. The Morgan fingerprint density at radius 2 is 1.82 bits per heavy atom. The van der Waals surface area contributed by atoms with Crippen LogP contribution in [-0.2, 0) is 0 Å². The average molecular weight is 308 g/mol. The first-order valence-corrected chi connectivity index (χ1v) is 8.07. The van der Waals surface area contributed by atoms with Gasteiger partial charge in [-0.05, 0) is 48.7 Å². The molecular formula is C18H16N2OS. The van der Waals surface area contributed by atoms with E-state index >= 15 is 0 Å². The Bertz CT molecular complexity index is 896. The molecule has 22 heavy (non-hydrogen) atoms. The van der Waals surface area contributed by atoms with Crippen molar-refractivity contribution in [2.45, 2.75) is 25.2 Å². The summed E-state index contributed by atoms with van der Waals surface area (Å²) in [5.41, 5.74) is 5.47. The van der Waals surface area contributed by atoms with Crippen molar-refractivity contribution >= 4 is 27.7 Å². The van der Waals surface area contributed by atoms with E-state index in [1.165, 1.54) is 11.1 Å². The number of aliphatic hydroxyl groups is 1. The molecule has 2 heterocycles. The fourth-order valence-electron chi connectivity index (χ4n) is 2.76. The Morgan fingerprint density at radius 1 is 1.09 bits per heavy atom. The molecule has 1 N–H and O–H groups in total. The van der Waals surface area contributed by atoms with Gasteiger partial charge in [-0.1, -0.05) is 42.1 Å². The summed E-state index contributed by atoms with van der Waals surface area (Å²) in [6.07, 6.45) is 1.21. The van der Waals surface area contributed by atoms with E-state index in [0.717, 1.165) is 26.7 Å². The van der Waals surface area contributed by atoms with Crippen molar-refractivity contribution in [3.63, 3.8) is 0 Å². The van der Waals surface area contributed by atoms with Gasteiger partial charge in [0.05, 0.1) is 11.0 Å². The lowest BCUT2D eigenvalue weighted by atomic mass is 10.1. The van der Waals surface area contributed by atoms with Gasteiger partial charge in [-0.2, -0.15) is 0 Å². The number of nitrogens with zero attached hydrogens (tertiary/aromatic N) is 2. The predicted molar refractivity (Wildman–Crippen MR) is 90.7 cm³/mol. The lowest BCUT2D eigenvalue weighted by Crippen LogP contribution is -2.10. The van der Waals surface area contributed by atoms with Gasteiger partial charge in [0, 0.05) is 4.91 Å². The minimum atomic E-state index is -0.682. The number of aliphatic hydroxyl groups excluding tert-OH is 1. The quantitative estimate of drug-likeness (QED) is 0.728. The Morgan fingerprint density at radius 3 is 2.59 bits per heavy atom. The molecule has 0 saturated carbocycles. The Hall–Kier alpha value is -2.04. The van der Waals surface area contributed by atoms with Crippen LogP contribution in [0.15, 0.2) is 53.7 Å². The van der Waals surface area contributed by atoms with Crippen molar-refractivity contribution < 1.29 is 5.11 Å². The van der Waals surface area contributed by atoms with Crippen LogP contribution in [0, 0.1) is 13.8 Å². The maximum atomic E-state index is 10.6. The highest BCUT2D eigenvalue weighted by atomic mass is 32.2. The number of rotatable bonds is 1. The lowest BCUT2D eigenvalue weighted by Gasteiger charge is -2.20. The minimum absolute atomic E-state index is 0.682. The molecule has 4 heteroatoms. The summed E-state index contributed by atoms with van der Waals surface area (Å²) in [6.45, 7) is 4.17. The summed E-state index contributed by atoms with van der Waals surface area (Å²) in [5.74, 6) is 0. The molecule has 0 spiro atoms. The summed E-state index contributed by atoms with van der Waals surface area (Å²) in [5, 5.41) is 11.4. The van der Waals surface area contributed by atoms with Gasteiger partial charge < -0.3 is 5.11 Å².